The number of Topliss-reactive ketones (excluding diaryl/α,β-unsaturated/α-hetero) is 1. The second-order valence-electron chi connectivity index (χ2n) is 8.80. The molecule has 0 fully saturated rings. The second-order valence-corrected chi connectivity index (χ2v) is 13.4. The van der Waals surface area contributed by atoms with Gasteiger partial charge in [-0.15, -0.1) is 0 Å². The van der Waals surface area contributed by atoms with Crippen LogP contribution >= 0.6 is 0 Å². The van der Waals surface area contributed by atoms with Crippen molar-refractivity contribution in [1.29, 1.82) is 0 Å². The molecule has 0 bridgehead atoms. The summed E-state index contributed by atoms with van der Waals surface area (Å²) in [7, 11) is -8.95. The van der Waals surface area contributed by atoms with Gasteiger partial charge in [0.15, 0.2) is 30.0 Å². The van der Waals surface area contributed by atoms with Crippen LogP contribution in [0.15, 0.2) is 131 Å². The van der Waals surface area contributed by atoms with Crippen LogP contribution in [0.1, 0.15) is 28.3 Å². The molecule has 0 saturated heterocycles. The highest BCUT2D eigenvalue weighted by atomic mass is 32.3. The van der Waals surface area contributed by atoms with Crippen LogP contribution in [-0.2, 0) is 24.5 Å². The number of carbonyl (C=O) groups excluding carboxylic acids is 2. The Labute approximate surface area is 222 Å². The molecule has 4 aromatic rings. The third-order valence-corrected chi connectivity index (χ3v) is 11.6. The predicted molar refractivity (Wildman–Crippen MR) is 145 cm³/mol. The summed E-state index contributed by atoms with van der Waals surface area (Å²) in [6.07, 6.45) is -0.109. The summed E-state index contributed by atoms with van der Waals surface area (Å²) in [6, 6.07) is 31.4. The van der Waals surface area contributed by atoms with Gasteiger partial charge in [0.1, 0.15) is 6.29 Å². The fraction of sp³-hybridized carbons (Fsp3) is 0.133. The smallest absolute Gasteiger partial charge is 0.195 e. The number of hydrogen-bond acceptors (Lipinski definition) is 6. The van der Waals surface area contributed by atoms with E-state index in [9.17, 15) is 26.4 Å². The molecule has 0 heterocycles. The van der Waals surface area contributed by atoms with Crippen molar-refractivity contribution in [1.82, 2.24) is 0 Å². The SMILES string of the molecule is O=C[C@H](CC(S(=O)(=O)c1ccccc1)S(=O)(=O)c1ccccc1)[C@H](C(=O)c1ccccc1)c1ccccc1. The molecule has 0 N–H and O–H groups in total. The number of hydrogen-bond donors (Lipinski definition) is 0. The number of sulfone groups is 2. The van der Waals surface area contributed by atoms with Gasteiger partial charge >= 0.3 is 0 Å². The van der Waals surface area contributed by atoms with Gasteiger partial charge in [-0.05, 0) is 36.2 Å². The van der Waals surface area contributed by atoms with E-state index in [1.165, 1.54) is 48.5 Å². The third kappa shape index (κ3) is 5.66. The van der Waals surface area contributed by atoms with E-state index in [0.29, 0.717) is 17.4 Å². The van der Waals surface area contributed by atoms with Gasteiger partial charge in [0, 0.05) is 11.5 Å². The van der Waals surface area contributed by atoms with Gasteiger partial charge in [-0.2, -0.15) is 0 Å². The van der Waals surface area contributed by atoms with Gasteiger partial charge in [0.25, 0.3) is 0 Å². The molecule has 6 nitrogen and oxygen atoms in total. The minimum absolute atomic E-state index is 0.181. The zero-order chi connectivity index (χ0) is 27.2. The maximum atomic E-state index is 13.8. The first-order chi connectivity index (χ1) is 18.3. The lowest BCUT2D eigenvalue weighted by Gasteiger charge is -2.27. The fourth-order valence-electron chi connectivity index (χ4n) is 4.47. The summed E-state index contributed by atoms with van der Waals surface area (Å²) in [5.74, 6) is -2.73. The van der Waals surface area contributed by atoms with Crippen LogP contribution in [-0.4, -0.2) is 33.5 Å². The number of rotatable bonds is 11. The minimum Gasteiger partial charge on any atom is -0.303 e. The van der Waals surface area contributed by atoms with Gasteiger partial charge in [-0.25, -0.2) is 16.8 Å². The molecule has 0 aliphatic heterocycles. The van der Waals surface area contributed by atoms with Crippen LogP contribution in [0, 0.1) is 5.92 Å². The van der Waals surface area contributed by atoms with Crippen LogP contribution in [0.4, 0.5) is 0 Å². The van der Waals surface area contributed by atoms with Crippen molar-refractivity contribution >= 4 is 31.7 Å². The molecule has 38 heavy (non-hydrogen) atoms. The van der Waals surface area contributed by atoms with Crippen molar-refractivity contribution in [2.75, 3.05) is 0 Å². The van der Waals surface area contributed by atoms with E-state index in [2.05, 4.69) is 0 Å². The van der Waals surface area contributed by atoms with Crippen molar-refractivity contribution in [2.24, 2.45) is 5.92 Å². The fourth-order valence-corrected chi connectivity index (χ4v) is 9.10. The first-order valence-corrected chi connectivity index (χ1v) is 15.0. The third-order valence-electron chi connectivity index (χ3n) is 6.40. The van der Waals surface area contributed by atoms with E-state index in [1.54, 1.807) is 72.8 Å². The summed E-state index contributed by atoms with van der Waals surface area (Å²) in [4.78, 5) is 25.9. The molecule has 0 amide bonds. The highest BCUT2D eigenvalue weighted by Crippen LogP contribution is 2.36. The van der Waals surface area contributed by atoms with E-state index < -0.39 is 48.3 Å². The number of ketones is 1. The maximum absolute atomic E-state index is 13.8. The highest BCUT2D eigenvalue weighted by molar-refractivity contribution is 8.09. The Morgan fingerprint density at radius 3 is 1.42 bits per heavy atom. The average molecular weight is 547 g/mol. The van der Waals surface area contributed by atoms with Crippen molar-refractivity contribution in [2.45, 2.75) is 26.7 Å². The molecule has 0 aliphatic carbocycles. The molecule has 0 unspecified atom stereocenters. The number of benzene rings is 4. The zero-order valence-corrected chi connectivity index (χ0v) is 22.0. The Morgan fingerprint density at radius 2 is 1.00 bits per heavy atom. The van der Waals surface area contributed by atoms with E-state index in [4.69, 9.17) is 0 Å². The standard InChI is InChI=1S/C30H26O6S2/c31-22-25(29(23-13-5-1-6-14-23)30(32)24-15-7-2-8-16-24)21-28(37(33,34)26-17-9-3-10-18-26)38(35,36)27-19-11-4-12-20-27/h1-20,22,25,28-29H,21H2/t25-,29+/m0/s1. The molecular formula is C30H26O6S2. The molecule has 0 aliphatic rings. The summed E-state index contributed by atoms with van der Waals surface area (Å²) < 4.78 is 53.3. The Morgan fingerprint density at radius 1 is 0.605 bits per heavy atom. The van der Waals surface area contributed by atoms with Crippen LogP contribution < -0.4 is 0 Å². The minimum atomic E-state index is -4.48. The molecule has 4 rings (SSSR count). The van der Waals surface area contributed by atoms with E-state index in [-0.39, 0.29) is 9.79 Å². The molecule has 0 saturated carbocycles. The molecule has 0 aromatic heterocycles. The Kier molecular flexibility index (Phi) is 8.34. The Bertz CT molecular complexity index is 1520. The molecule has 0 spiro atoms. The maximum Gasteiger partial charge on any atom is 0.195 e. The van der Waals surface area contributed by atoms with Gasteiger partial charge in [0.2, 0.25) is 0 Å². The molecule has 2 atom stereocenters. The lowest BCUT2D eigenvalue weighted by atomic mass is 9.80. The van der Waals surface area contributed by atoms with E-state index >= 15 is 0 Å². The summed E-state index contributed by atoms with van der Waals surface area (Å²) in [6.45, 7) is 0. The Balaban J connectivity index is 1.86. The molecule has 4 aromatic carbocycles. The lowest BCUT2D eigenvalue weighted by Crippen LogP contribution is -2.36. The van der Waals surface area contributed by atoms with Crippen LogP contribution in [0.5, 0.6) is 0 Å². The number of aldehydes is 1. The summed E-state index contributed by atoms with van der Waals surface area (Å²) in [5.41, 5.74) is 0.827. The summed E-state index contributed by atoms with van der Waals surface area (Å²) >= 11 is 0. The highest BCUT2D eigenvalue weighted by Gasteiger charge is 2.44. The van der Waals surface area contributed by atoms with E-state index in [1.807, 2.05) is 0 Å². The van der Waals surface area contributed by atoms with Crippen LogP contribution in [0.25, 0.3) is 0 Å². The van der Waals surface area contributed by atoms with Gasteiger partial charge in [0.05, 0.1) is 15.7 Å². The molecule has 0 radical (unpaired) electrons. The average Bonchev–Trinajstić information content (AvgIpc) is 2.96. The molecule has 194 valence electrons. The second kappa shape index (κ2) is 11.7. The van der Waals surface area contributed by atoms with Gasteiger partial charge in [-0.3, -0.25) is 4.79 Å². The largest absolute Gasteiger partial charge is 0.303 e. The normalized spacial score (nSPS) is 13.5. The van der Waals surface area contributed by atoms with E-state index in [0.717, 1.165) is 0 Å². The molecular weight excluding hydrogens is 520 g/mol. The predicted octanol–water partition coefficient (Wildman–Crippen LogP) is 5.13. The Hall–Kier alpha value is -3.88. The first-order valence-electron chi connectivity index (χ1n) is 11.9. The quantitative estimate of drug-likeness (QED) is 0.191. The van der Waals surface area contributed by atoms with Crippen molar-refractivity contribution in [3.8, 4) is 0 Å². The lowest BCUT2D eigenvalue weighted by molar-refractivity contribution is -0.111. The van der Waals surface area contributed by atoms with Crippen molar-refractivity contribution in [3.05, 3.63) is 132 Å². The van der Waals surface area contributed by atoms with Gasteiger partial charge in [-0.1, -0.05) is 97.1 Å². The topological polar surface area (TPSA) is 102 Å². The zero-order valence-electron chi connectivity index (χ0n) is 20.3. The van der Waals surface area contributed by atoms with Gasteiger partial charge < -0.3 is 4.79 Å². The monoisotopic (exact) mass is 546 g/mol. The van der Waals surface area contributed by atoms with Crippen LogP contribution in [0.2, 0.25) is 0 Å². The van der Waals surface area contributed by atoms with Crippen molar-refractivity contribution < 1.29 is 26.4 Å². The molecule has 8 heteroatoms. The first kappa shape index (κ1) is 27.2. The summed E-state index contributed by atoms with van der Waals surface area (Å²) in [5, 5.41) is 0. The van der Waals surface area contributed by atoms with Crippen LogP contribution in [0.3, 0.4) is 0 Å². The van der Waals surface area contributed by atoms with Crippen molar-refractivity contribution in [3.63, 3.8) is 0 Å². The number of carbonyl (C=O) groups is 2.